The summed E-state index contributed by atoms with van der Waals surface area (Å²) in [4.78, 5) is 5.96. The van der Waals surface area contributed by atoms with Gasteiger partial charge in [0.25, 0.3) is 0 Å². The molecule has 0 aliphatic carbocycles. The van der Waals surface area contributed by atoms with E-state index < -0.39 is 5.54 Å². The number of aromatic nitrogens is 1. The van der Waals surface area contributed by atoms with Gasteiger partial charge in [0.1, 0.15) is 5.01 Å². The lowest BCUT2D eigenvalue weighted by Gasteiger charge is -2.24. The second-order valence-electron chi connectivity index (χ2n) is 6.65. The van der Waals surface area contributed by atoms with Crippen LogP contribution < -0.4 is 5.73 Å². The first-order chi connectivity index (χ1) is 9.10. The molecule has 20 heavy (non-hydrogen) atoms. The molecule has 0 spiro atoms. The van der Waals surface area contributed by atoms with Gasteiger partial charge in [0.15, 0.2) is 0 Å². The van der Waals surface area contributed by atoms with E-state index in [1.165, 1.54) is 0 Å². The van der Waals surface area contributed by atoms with E-state index in [0.717, 1.165) is 26.2 Å². The van der Waals surface area contributed by atoms with Crippen molar-refractivity contribution in [2.24, 2.45) is 5.73 Å². The Morgan fingerprint density at radius 1 is 1.10 bits per heavy atom. The largest absolute Gasteiger partial charge is 0.321 e. The number of benzene rings is 1. The van der Waals surface area contributed by atoms with Crippen LogP contribution in [0.25, 0.3) is 10.6 Å². The maximum atomic E-state index is 6.32. The highest BCUT2D eigenvalue weighted by Gasteiger charge is 2.30. The van der Waals surface area contributed by atoms with Crippen LogP contribution in [0.2, 0.25) is 5.02 Å². The van der Waals surface area contributed by atoms with Crippen LogP contribution in [0.15, 0.2) is 24.3 Å². The molecule has 2 nitrogen and oxygen atoms in total. The minimum atomic E-state index is -0.403. The van der Waals surface area contributed by atoms with Crippen molar-refractivity contribution in [3.8, 4) is 10.6 Å². The lowest BCUT2D eigenvalue weighted by atomic mass is 9.87. The molecule has 0 saturated carbocycles. The second kappa shape index (κ2) is 5.14. The fourth-order valence-electron chi connectivity index (χ4n) is 2.01. The van der Waals surface area contributed by atoms with Crippen LogP contribution in [0.3, 0.4) is 0 Å². The molecule has 108 valence electrons. The molecule has 0 atom stereocenters. The molecule has 1 aromatic heterocycles. The summed E-state index contributed by atoms with van der Waals surface area (Å²) in [6.07, 6.45) is 0. The molecule has 4 heteroatoms. The Bertz CT molecular complexity index is 587. The Kier molecular flexibility index (Phi) is 3.98. The maximum Gasteiger partial charge on any atom is 0.125 e. The Labute approximate surface area is 130 Å². The second-order valence-corrected chi connectivity index (χ2v) is 8.05. The summed E-state index contributed by atoms with van der Waals surface area (Å²) < 4.78 is 0. The number of rotatable bonds is 2. The predicted molar refractivity (Wildman–Crippen MR) is 88.5 cm³/mol. The van der Waals surface area contributed by atoms with Gasteiger partial charge in [-0.25, -0.2) is 4.98 Å². The fraction of sp³-hybridized carbons (Fsp3) is 0.438. The van der Waals surface area contributed by atoms with Crippen LogP contribution >= 0.6 is 22.9 Å². The van der Waals surface area contributed by atoms with Crippen LogP contribution in [0, 0.1) is 0 Å². The van der Waals surface area contributed by atoms with Crippen molar-refractivity contribution in [2.75, 3.05) is 0 Å². The van der Waals surface area contributed by atoms with E-state index >= 15 is 0 Å². The third-order valence-electron chi connectivity index (χ3n) is 3.03. The molecule has 0 aliphatic heterocycles. The quantitative estimate of drug-likeness (QED) is 0.852. The molecule has 2 rings (SSSR count). The van der Waals surface area contributed by atoms with E-state index in [1.54, 1.807) is 11.3 Å². The first kappa shape index (κ1) is 15.5. The van der Waals surface area contributed by atoms with Crippen LogP contribution in [-0.4, -0.2) is 4.98 Å². The lowest BCUT2D eigenvalue weighted by Crippen LogP contribution is -2.31. The van der Waals surface area contributed by atoms with Crippen LogP contribution in [0.5, 0.6) is 0 Å². The molecule has 0 fully saturated rings. The summed E-state index contributed by atoms with van der Waals surface area (Å²) in [5.41, 5.74) is 7.91. The smallest absolute Gasteiger partial charge is 0.125 e. The Morgan fingerprint density at radius 3 is 2.15 bits per heavy atom. The van der Waals surface area contributed by atoms with Crippen LogP contribution in [-0.2, 0) is 11.0 Å². The molecule has 2 aromatic rings. The van der Waals surface area contributed by atoms with Crippen molar-refractivity contribution in [3.63, 3.8) is 0 Å². The summed E-state index contributed by atoms with van der Waals surface area (Å²) in [5, 5.41) is 1.66. The number of hydrogen-bond donors (Lipinski definition) is 1. The van der Waals surface area contributed by atoms with Gasteiger partial charge in [0.2, 0.25) is 0 Å². The first-order valence-electron chi connectivity index (χ1n) is 6.66. The van der Waals surface area contributed by atoms with E-state index in [-0.39, 0.29) is 5.41 Å². The van der Waals surface area contributed by atoms with Gasteiger partial charge in [0.05, 0.1) is 10.7 Å². The summed E-state index contributed by atoms with van der Waals surface area (Å²) >= 11 is 7.92. The van der Waals surface area contributed by atoms with Gasteiger partial charge in [-0.2, -0.15) is 0 Å². The summed E-state index contributed by atoms with van der Waals surface area (Å²) in [5.74, 6) is 0. The zero-order valence-electron chi connectivity index (χ0n) is 12.6. The fourth-order valence-corrected chi connectivity index (χ4v) is 3.63. The third-order valence-corrected chi connectivity index (χ3v) is 4.78. The topological polar surface area (TPSA) is 38.9 Å². The van der Waals surface area contributed by atoms with Gasteiger partial charge in [-0.05, 0) is 19.9 Å². The molecule has 0 unspecified atom stereocenters. The molecule has 0 radical (unpaired) electrons. The van der Waals surface area contributed by atoms with Gasteiger partial charge < -0.3 is 5.73 Å². The Morgan fingerprint density at radius 2 is 1.70 bits per heavy atom. The third kappa shape index (κ3) is 3.05. The number of hydrogen-bond acceptors (Lipinski definition) is 3. The predicted octanol–water partition coefficient (Wildman–Crippen LogP) is 4.95. The van der Waals surface area contributed by atoms with Crippen LogP contribution in [0.4, 0.5) is 0 Å². The number of halogens is 1. The van der Waals surface area contributed by atoms with E-state index in [2.05, 4.69) is 20.8 Å². The van der Waals surface area contributed by atoms with Gasteiger partial charge in [-0.15, -0.1) is 11.3 Å². The zero-order valence-corrected chi connectivity index (χ0v) is 14.2. The summed E-state index contributed by atoms with van der Waals surface area (Å²) in [6.45, 7) is 10.5. The molecule has 0 saturated heterocycles. The monoisotopic (exact) mass is 308 g/mol. The molecule has 0 amide bonds. The summed E-state index contributed by atoms with van der Waals surface area (Å²) in [6, 6.07) is 7.80. The highest BCUT2D eigenvalue weighted by molar-refractivity contribution is 7.15. The van der Waals surface area contributed by atoms with Gasteiger partial charge >= 0.3 is 0 Å². The first-order valence-corrected chi connectivity index (χ1v) is 7.85. The molecule has 2 N–H and O–H groups in total. The highest BCUT2D eigenvalue weighted by Crippen LogP contribution is 2.40. The maximum absolute atomic E-state index is 6.32. The standard InChI is InChI=1S/C16H21ClN2S/c1-15(2,3)12-13(16(4,5)18)20-14(19-12)10-8-6-7-9-11(10)17/h6-9H,18H2,1-5H3. The van der Waals surface area contributed by atoms with Crippen molar-refractivity contribution >= 4 is 22.9 Å². The van der Waals surface area contributed by atoms with Gasteiger partial charge in [-0.1, -0.05) is 50.6 Å². The Balaban J connectivity index is 2.65. The molecule has 0 bridgehead atoms. The van der Waals surface area contributed by atoms with Crippen LogP contribution in [0.1, 0.15) is 45.2 Å². The zero-order chi connectivity index (χ0) is 15.1. The minimum absolute atomic E-state index is 0.0397. The van der Waals surface area contributed by atoms with Crippen molar-refractivity contribution in [1.82, 2.24) is 4.98 Å². The average Bonchev–Trinajstić information content (AvgIpc) is 2.73. The molecular formula is C16H21ClN2S. The van der Waals surface area contributed by atoms with Crippen molar-refractivity contribution in [1.29, 1.82) is 0 Å². The van der Waals surface area contributed by atoms with Crippen molar-refractivity contribution in [3.05, 3.63) is 39.9 Å². The van der Waals surface area contributed by atoms with Crippen molar-refractivity contribution in [2.45, 2.75) is 45.6 Å². The van der Waals surface area contributed by atoms with E-state index in [4.69, 9.17) is 22.3 Å². The van der Waals surface area contributed by atoms with Gasteiger partial charge in [-0.3, -0.25) is 0 Å². The van der Waals surface area contributed by atoms with Gasteiger partial charge in [0, 0.05) is 21.4 Å². The SMILES string of the molecule is CC(C)(C)c1nc(-c2ccccc2Cl)sc1C(C)(C)N. The number of nitrogens with zero attached hydrogens (tertiary/aromatic N) is 1. The summed E-state index contributed by atoms with van der Waals surface area (Å²) in [7, 11) is 0. The van der Waals surface area contributed by atoms with E-state index in [0.29, 0.717) is 0 Å². The molecule has 1 heterocycles. The number of nitrogens with two attached hydrogens (primary N) is 1. The number of thiazole rings is 1. The lowest BCUT2D eigenvalue weighted by molar-refractivity contribution is 0.512. The minimum Gasteiger partial charge on any atom is -0.321 e. The normalized spacial score (nSPS) is 12.8. The van der Waals surface area contributed by atoms with E-state index in [9.17, 15) is 0 Å². The highest BCUT2D eigenvalue weighted by atomic mass is 35.5. The molecule has 1 aromatic carbocycles. The molecular weight excluding hydrogens is 288 g/mol. The Hall–Kier alpha value is -0.900. The van der Waals surface area contributed by atoms with E-state index in [1.807, 2.05) is 38.1 Å². The van der Waals surface area contributed by atoms with Crippen molar-refractivity contribution < 1.29 is 0 Å². The molecule has 0 aliphatic rings. The average molecular weight is 309 g/mol.